The maximum atomic E-state index is 14.0. The fourth-order valence-corrected chi connectivity index (χ4v) is 3.06. The molecule has 10 heteroatoms. The topological polar surface area (TPSA) is 55.8 Å². The van der Waals surface area contributed by atoms with Gasteiger partial charge in [0.2, 0.25) is 0 Å². The van der Waals surface area contributed by atoms with Crippen LogP contribution in [0, 0.1) is 6.92 Å². The van der Waals surface area contributed by atoms with E-state index in [1.807, 2.05) is 0 Å². The summed E-state index contributed by atoms with van der Waals surface area (Å²) in [6.07, 6.45) is -4.51. The highest BCUT2D eigenvalue weighted by molar-refractivity contribution is 7.99. The lowest BCUT2D eigenvalue weighted by Crippen LogP contribution is -2.28. The molecule has 0 aliphatic heterocycles. The SMILES string of the molecule is Cc1cc(SCC(F)(F)COc2ccc(C(F)(F)F)cc2)ccc1OCC(=O)O. The van der Waals surface area contributed by atoms with Crippen molar-refractivity contribution in [2.45, 2.75) is 23.9 Å². The van der Waals surface area contributed by atoms with Crippen LogP contribution in [0.2, 0.25) is 0 Å². The molecule has 1 N–H and O–H groups in total. The summed E-state index contributed by atoms with van der Waals surface area (Å²) >= 11 is 0.865. The van der Waals surface area contributed by atoms with E-state index in [1.54, 1.807) is 13.0 Å². The molecule has 2 rings (SSSR count). The second-order valence-electron chi connectivity index (χ2n) is 6.07. The smallest absolute Gasteiger partial charge is 0.416 e. The molecule has 0 radical (unpaired) electrons. The minimum atomic E-state index is -4.51. The van der Waals surface area contributed by atoms with Gasteiger partial charge in [0, 0.05) is 4.90 Å². The molecule has 0 aromatic heterocycles. The Morgan fingerprint density at radius 1 is 1.03 bits per heavy atom. The van der Waals surface area contributed by atoms with Crippen LogP contribution in [0.4, 0.5) is 22.0 Å². The van der Waals surface area contributed by atoms with Crippen LogP contribution in [-0.2, 0) is 11.0 Å². The largest absolute Gasteiger partial charge is 0.487 e. The Balaban J connectivity index is 1.87. The van der Waals surface area contributed by atoms with Gasteiger partial charge in [0.1, 0.15) is 11.5 Å². The van der Waals surface area contributed by atoms with Gasteiger partial charge in [-0.25, -0.2) is 13.6 Å². The Labute approximate surface area is 167 Å². The molecule has 2 aromatic carbocycles. The highest BCUT2D eigenvalue weighted by Crippen LogP contribution is 2.32. The van der Waals surface area contributed by atoms with Crippen molar-refractivity contribution in [3.8, 4) is 11.5 Å². The average molecular weight is 436 g/mol. The van der Waals surface area contributed by atoms with Gasteiger partial charge in [0.15, 0.2) is 13.2 Å². The molecule has 0 amide bonds. The van der Waals surface area contributed by atoms with Gasteiger partial charge < -0.3 is 14.6 Å². The van der Waals surface area contributed by atoms with Gasteiger partial charge in [-0.3, -0.25) is 0 Å². The van der Waals surface area contributed by atoms with E-state index in [9.17, 15) is 26.7 Å². The van der Waals surface area contributed by atoms with Crippen LogP contribution in [-0.4, -0.2) is 36.0 Å². The number of carboxylic acids is 1. The lowest BCUT2D eigenvalue weighted by Gasteiger charge is -2.17. The van der Waals surface area contributed by atoms with Crippen LogP contribution in [0.1, 0.15) is 11.1 Å². The number of ether oxygens (including phenoxy) is 2. The summed E-state index contributed by atoms with van der Waals surface area (Å²) in [6.45, 7) is 0.171. The first-order valence-electron chi connectivity index (χ1n) is 8.22. The molecule has 158 valence electrons. The van der Waals surface area contributed by atoms with E-state index in [0.29, 0.717) is 16.2 Å². The molecule has 0 bridgehead atoms. The van der Waals surface area contributed by atoms with Crippen molar-refractivity contribution in [3.63, 3.8) is 0 Å². The predicted octanol–water partition coefficient (Wildman–Crippen LogP) is 5.28. The van der Waals surface area contributed by atoms with Crippen LogP contribution < -0.4 is 9.47 Å². The van der Waals surface area contributed by atoms with E-state index in [-0.39, 0.29) is 5.75 Å². The van der Waals surface area contributed by atoms with E-state index in [0.717, 1.165) is 36.0 Å². The zero-order chi connectivity index (χ0) is 21.7. The van der Waals surface area contributed by atoms with Gasteiger partial charge in [0.25, 0.3) is 5.92 Å². The molecule has 0 heterocycles. The molecular weight excluding hydrogens is 419 g/mol. The van der Waals surface area contributed by atoms with Crippen LogP contribution in [0.15, 0.2) is 47.4 Å². The van der Waals surface area contributed by atoms with E-state index < -0.39 is 42.6 Å². The molecule has 0 aliphatic rings. The number of aliphatic carboxylic acids is 1. The molecule has 0 atom stereocenters. The van der Waals surface area contributed by atoms with Gasteiger partial charge in [-0.15, -0.1) is 11.8 Å². The lowest BCUT2D eigenvalue weighted by molar-refractivity contribution is -0.139. The summed E-state index contributed by atoms with van der Waals surface area (Å²) in [5.74, 6) is -4.70. The third-order valence-corrected chi connectivity index (χ3v) is 4.73. The third kappa shape index (κ3) is 7.45. The average Bonchev–Trinajstić information content (AvgIpc) is 2.64. The highest BCUT2D eigenvalue weighted by atomic mass is 32.2. The highest BCUT2D eigenvalue weighted by Gasteiger charge is 2.32. The summed E-state index contributed by atoms with van der Waals surface area (Å²) in [6, 6.07) is 8.13. The normalized spacial score (nSPS) is 11.9. The Kier molecular flexibility index (Phi) is 7.34. The lowest BCUT2D eigenvalue weighted by atomic mass is 10.2. The van der Waals surface area contributed by atoms with Crippen molar-refractivity contribution >= 4 is 17.7 Å². The van der Waals surface area contributed by atoms with Gasteiger partial charge in [-0.2, -0.15) is 13.2 Å². The zero-order valence-electron chi connectivity index (χ0n) is 15.1. The predicted molar refractivity (Wildman–Crippen MR) is 96.9 cm³/mol. The zero-order valence-corrected chi connectivity index (χ0v) is 15.9. The monoisotopic (exact) mass is 436 g/mol. The van der Waals surface area contributed by atoms with Crippen molar-refractivity contribution in [1.29, 1.82) is 0 Å². The van der Waals surface area contributed by atoms with E-state index >= 15 is 0 Å². The summed E-state index contributed by atoms with van der Waals surface area (Å²) in [5, 5.41) is 8.60. The molecule has 0 saturated carbocycles. The number of halogens is 5. The van der Waals surface area contributed by atoms with Crippen molar-refractivity contribution in [2.24, 2.45) is 0 Å². The first-order chi connectivity index (χ1) is 13.5. The van der Waals surface area contributed by atoms with Crippen molar-refractivity contribution < 1.29 is 41.3 Å². The first kappa shape index (κ1) is 22.8. The molecule has 29 heavy (non-hydrogen) atoms. The molecule has 0 aliphatic carbocycles. The second-order valence-corrected chi connectivity index (χ2v) is 7.11. The van der Waals surface area contributed by atoms with Gasteiger partial charge >= 0.3 is 12.1 Å². The minimum absolute atomic E-state index is 0.0848. The summed E-state index contributed by atoms with van der Waals surface area (Å²) in [5.41, 5.74) is -0.293. The minimum Gasteiger partial charge on any atom is -0.487 e. The molecule has 0 unspecified atom stereocenters. The number of hydrogen-bond donors (Lipinski definition) is 1. The number of carboxylic acid groups (broad SMARTS) is 1. The van der Waals surface area contributed by atoms with Crippen molar-refractivity contribution in [3.05, 3.63) is 53.6 Å². The number of carbonyl (C=O) groups is 1. The fraction of sp³-hybridized carbons (Fsp3) is 0.316. The number of benzene rings is 2. The molecular formula is C19H17F5O4S. The second kappa shape index (κ2) is 9.34. The molecule has 2 aromatic rings. The van der Waals surface area contributed by atoms with Crippen molar-refractivity contribution in [1.82, 2.24) is 0 Å². The Morgan fingerprint density at radius 3 is 2.24 bits per heavy atom. The Hall–Kier alpha value is -2.49. The van der Waals surface area contributed by atoms with Gasteiger partial charge in [0.05, 0.1) is 11.3 Å². The number of rotatable bonds is 9. The molecule has 0 spiro atoms. The summed E-state index contributed by atoms with van der Waals surface area (Å²) in [4.78, 5) is 11.0. The Morgan fingerprint density at radius 2 is 1.69 bits per heavy atom. The molecule has 0 saturated heterocycles. The standard InChI is InChI=1S/C19H17F5O4S/c1-12-8-15(6-7-16(12)27-9-17(25)26)29-11-18(20,21)10-28-14-4-2-13(3-5-14)19(22,23)24/h2-8H,9-11H2,1H3,(H,25,26). The maximum Gasteiger partial charge on any atom is 0.416 e. The van der Waals surface area contributed by atoms with Gasteiger partial charge in [-0.1, -0.05) is 0 Å². The van der Waals surface area contributed by atoms with Crippen molar-refractivity contribution in [2.75, 3.05) is 19.0 Å². The van der Waals surface area contributed by atoms with Crippen LogP contribution in [0.25, 0.3) is 0 Å². The quantitative estimate of drug-likeness (QED) is 0.428. The maximum absolute atomic E-state index is 14.0. The van der Waals surface area contributed by atoms with E-state index in [2.05, 4.69) is 0 Å². The number of alkyl halides is 5. The Bertz CT molecular complexity index is 837. The van der Waals surface area contributed by atoms with E-state index in [4.69, 9.17) is 14.6 Å². The van der Waals surface area contributed by atoms with E-state index in [1.165, 1.54) is 12.1 Å². The first-order valence-corrected chi connectivity index (χ1v) is 9.21. The summed E-state index contributed by atoms with van der Waals surface area (Å²) < 4.78 is 75.5. The van der Waals surface area contributed by atoms with Crippen LogP contribution in [0.5, 0.6) is 11.5 Å². The van der Waals surface area contributed by atoms with Gasteiger partial charge in [-0.05, 0) is 55.0 Å². The number of thioether (sulfide) groups is 1. The third-order valence-electron chi connectivity index (χ3n) is 3.58. The number of aryl methyl sites for hydroxylation is 1. The molecule has 4 nitrogen and oxygen atoms in total. The van der Waals surface area contributed by atoms with Crippen LogP contribution >= 0.6 is 11.8 Å². The fourth-order valence-electron chi connectivity index (χ4n) is 2.17. The number of hydrogen-bond acceptors (Lipinski definition) is 4. The summed E-state index contributed by atoms with van der Waals surface area (Å²) in [7, 11) is 0. The van der Waals surface area contributed by atoms with Crippen LogP contribution in [0.3, 0.4) is 0 Å². The molecule has 0 fully saturated rings.